The average Bonchev–Trinajstić information content (AvgIpc) is 3.11. The number of fused-ring (bicyclic) bond motifs is 3. The van der Waals surface area contributed by atoms with Crippen molar-refractivity contribution in [2.45, 2.75) is 29.0 Å². The zero-order valence-electron chi connectivity index (χ0n) is 14.0. The van der Waals surface area contributed by atoms with Crippen molar-refractivity contribution in [2.24, 2.45) is 5.92 Å². The molecule has 2 bridgehead atoms. The SMILES string of the molecule is COc1nnc(Sc2ccc(C(=O)N[C@H]3CN4CCC3CC4)cc2)o1. The molecular weight excluding hydrogens is 340 g/mol. The summed E-state index contributed by atoms with van der Waals surface area (Å²) >= 11 is 1.33. The van der Waals surface area contributed by atoms with Crippen molar-refractivity contribution in [3.05, 3.63) is 29.8 Å². The summed E-state index contributed by atoms with van der Waals surface area (Å²) in [6.07, 6.45) is 2.51. The first-order valence-electron chi connectivity index (χ1n) is 8.40. The number of piperidine rings is 3. The standard InChI is InChI=1S/C17H20N4O3S/c1-23-16-19-20-17(24-16)25-13-4-2-12(3-5-13)15(22)18-14-10-21-8-6-11(14)7-9-21/h2-5,11,14H,6-10H2,1H3,(H,18,22)/t14-/m0/s1. The summed E-state index contributed by atoms with van der Waals surface area (Å²) in [5.41, 5.74) is 0.670. The Morgan fingerprint density at radius 2 is 2.04 bits per heavy atom. The van der Waals surface area contributed by atoms with E-state index in [1.54, 1.807) is 0 Å². The maximum atomic E-state index is 12.5. The van der Waals surface area contributed by atoms with E-state index >= 15 is 0 Å². The fraction of sp³-hybridized carbons (Fsp3) is 0.471. The molecule has 1 aromatic carbocycles. The molecule has 7 nitrogen and oxygen atoms in total. The molecule has 0 saturated carbocycles. The number of benzene rings is 1. The third-order valence-corrected chi connectivity index (χ3v) is 5.70. The number of hydrogen-bond donors (Lipinski definition) is 1. The second-order valence-electron chi connectivity index (χ2n) is 6.38. The van der Waals surface area contributed by atoms with Gasteiger partial charge in [-0.05, 0) is 67.9 Å². The normalized spacial score (nSPS) is 24.9. The van der Waals surface area contributed by atoms with Crippen LogP contribution in [-0.2, 0) is 0 Å². The van der Waals surface area contributed by atoms with E-state index < -0.39 is 0 Å². The summed E-state index contributed by atoms with van der Waals surface area (Å²) < 4.78 is 10.1. The monoisotopic (exact) mass is 360 g/mol. The third-order valence-electron chi connectivity index (χ3n) is 4.86. The Morgan fingerprint density at radius 3 is 2.64 bits per heavy atom. The average molecular weight is 360 g/mol. The molecule has 0 radical (unpaired) electrons. The first-order valence-corrected chi connectivity index (χ1v) is 9.21. The zero-order valence-corrected chi connectivity index (χ0v) is 14.8. The van der Waals surface area contributed by atoms with E-state index in [1.807, 2.05) is 24.3 Å². The maximum absolute atomic E-state index is 12.5. The number of carbonyl (C=O) groups excluding carboxylic acids is 1. The first kappa shape index (κ1) is 16.4. The molecule has 1 atom stereocenters. The number of hydrogen-bond acceptors (Lipinski definition) is 7. The van der Waals surface area contributed by atoms with Gasteiger partial charge in [-0.15, -0.1) is 0 Å². The molecule has 3 saturated heterocycles. The molecule has 8 heteroatoms. The Labute approximate surface area is 150 Å². The topological polar surface area (TPSA) is 80.5 Å². The van der Waals surface area contributed by atoms with Crippen LogP contribution in [0.3, 0.4) is 0 Å². The number of amides is 1. The van der Waals surface area contributed by atoms with Gasteiger partial charge in [-0.3, -0.25) is 4.79 Å². The fourth-order valence-corrected chi connectivity index (χ4v) is 4.14. The number of carbonyl (C=O) groups is 1. The van der Waals surface area contributed by atoms with Crippen LogP contribution in [0.1, 0.15) is 23.2 Å². The Hall–Kier alpha value is -2.06. The lowest BCUT2D eigenvalue weighted by atomic mass is 9.84. The van der Waals surface area contributed by atoms with Crippen LogP contribution in [0.2, 0.25) is 0 Å². The maximum Gasteiger partial charge on any atom is 0.415 e. The van der Waals surface area contributed by atoms with Crippen molar-refractivity contribution in [2.75, 3.05) is 26.7 Å². The molecule has 3 aliphatic heterocycles. The summed E-state index contributed by atoms with van der Waals surface area (Å²) in [6, 6.07) is 7.69. The predicted molar refractivity (Wildman–Crippen MR) is 91.8 cm³/mol. The van der Waals surface area contributed by atoms with Crippen LogP contribution in [0.4, 0.5) is 0 Å². The van der Waals surface area contributed by atoms with Gasteiger partial charge in [0.2, 0.25) is 0 Å². The molecule has 1 aromatic heterocycles. The Kier molecular flexibility index (Phi) is 4.63. The smallest absolute Gasteiger partial charge is 0.415 e. The highest BCUT2D eigenvalue weighted by atomic mass is 32.2. The van der Waals surface area contributed by atoms with Gasteiger partial charge in [-0.25, -0.2) is 0 Å². The molecule has 3 fully saturated rings. The molecule has 132 valence electrons. The molecule has 0 aliphatic carbocycles. The van der Waals surface area contributed by atoms with Crippen molar-refractivity contribution < 1.29 is 13.9 Å². The lowest BCUT2D eigenvalue weighted by Crippen LogP contribution is -2.57. The minimum Gasteiger partial charge on any atom is -0.452 e. The lowest BCUT2D eigenvalue weighted by molar-refractivity contribution is 0.0620. The van der Waals surface area contributed by atoms with Crippen molar-refractivity contribution in [1.29, 1.82) is 0 Å². The van der Waals surface area contributed by atoms with Crippen molar-refractivity contribution >= 4 is 17.7 Å². The number of nitrogens with one attached hydrogen (secondary N) is 1. The number of nitrogens with zero attached hydrogens (tertiary/aromatic N) is 3. The molecular formula is C17H20N4O3S. The second kappa shape index (κ2) is 7.05. The molecule has 2 aromatic rings. The summed E-state index contributed by atoms with van der Waals surface area (Å²) in [5.74, 6) is 0.617. The zero-order chi connectivity index (χ0) is 17.2. The summed E-state index contributed by atoms with van der Waals surface area (Å²) in [4.78, 5) is 15.9. The van der Waals surface area contributed by atoms with E-state index in [9.17, 15) is 4.79 Å². The van der Waals surface area contributed by atoms with E-state index in [-0.39, 0.29) is 18.0 Å². The van der Waals surface area contributed by atoms with Gasteiger partial charge in [0, 0.05) is 23.0 Å². The molecule has 4 heterocycles. The highest BCUT2D eigenvalue weighted by Gasteiger charge is 2.34. The van der Waals surface area contributed by atoms with Crippen molar-refractivity contribution in [3.63, 3.8) is 0 Å². The molecule has 0 unspecified atom stereocenters. The quantitative estimate of drug-likeness (QED) is 0.874. The van der Waals surface area contributed by atoms with Crippen LogP contribution in [0, 0.1) is 5.92 Å². The summed E-state index contributed by atoms with van der Waals surface area (Å²) in [5, 5.41) is 11.2. The van der Waals surface area contributed by atoms with Crippen molar-refractivity contribution in [3.8, 4) is 6.08 Å². The van der Waals surface area contributed by atoms with Crippen LogP contribution in [0.5, 0.6) is 6.08 Å². The fourth-order valence-electron chi connectivity index (χ4n) is 3.48. The minimum absolute atomic E-state index is 0.00485. The van der Waals surface area contributed by atoms with Gasteiger partial charge >= 0.3 is 6.08 Å². The minimum atomic E-state index is -0.00485. The lowest BCUT2D eigenvalue weighted by Gasteiger charge is -2.44. The van der Waals surface area contributed by atoms with E-state index in [0.29, 0.717) is 16.7 Å². The largest absolute Gasteiger partial charge is 0.452 e. The van der Waals surface area contributed by atoms with Crippen LogP contribution >= 0.6 is 11.8 Å². The number of aromatic nitrogens is 2. The Balaban J connectivity index is 1.37. The molecule has 3 aliphatic rings. The summed E-state index contributed by atoms with van der Waals surface area (Å²) in [7, 11) is 1.48. The van der Waals surface area contributed by atoms with Gasteiger partial charge in [0.05, 0.1) is 7.11 Å². The first-order chi connectivity index (χ1) is 12.2. The summed E-state index contributed by atoms with van der Waals surface area (Å²) in [6.45, 7) is 3.32. The van der Waals surface area contributed by atoms with Gasteiger partial charge < -0.3 is 19.4 Å². The molecule has 1 amide bonds. The highest BCUT2D eigenvalue weighted by molar-refractivity contribution is 7.99. The second-order valence-corrected chi connectivity index (χ2v) is 7.41. The van der Waals surface area contributed by atoms with Crippen LogP contribution in [0.15, 0.2) is 38.8 Å². The highest BCUT2D eigenvalue weighted by Crippen LogP contribution is 2.29. The van der Waals surface area contributed by atoms with Crippen LogP contribution in [-0.4, -0.2) is 53.8 Å². The molecule has 5 rings (SSSR count). The number of methoxy groups -OCH3 is 1. The predicted octanol–water partition coefficient (Wildman–Crippen LogP) is 2.05. The third kappa shape index (κ3) is 3.64. The van der Waals surface area contributed by atoms with Crippen LogP contribution in [0.25, 0.3) is 0 Å². The Bertz CT molecular complexity index is 741. The number of rotatable bonds is 5. The van der Waals surface area contributed by atoms with Gasteiger partial charge in [-0.1, -0.05) is 10.2 Å². The van der Waals surface area contributed by atoms with E-state index in [0.717, 1.165) is 11.4 Å². The Morgan fingerprint density at radius 1 is 1.28 bits per heavy atom. The molecule has 0 spiro atoms. The van der Waals surface area contributed by atoms with Gasteiger partial charge in [0.15, 0.2) is 0 Å². The van der Waals surface area contributed by atoms with Gasteiger partial charge in [-0.2, -0.15) is 0 Å². The van der Waals surface area contributed by atoms with Gasteiger partial charge in [0.1, 0.15) is 0 Å². The molecule has 25 heavy (non-hydrogen) atoms. The van der Waals surface area contributed by atoms with Crippen molar-refractivity contribution in [1.82, 2.24) is 20.4 Å². The number of ether oxygens (including phenoxy) is 1. The van der Waals surface area contributed by atoms with Gasteiger partial charge in [0.25, 0.3) is 11.1 Å². The molecule has 1 N–H and O–H groups in total. The van der Waals surface area contributed by atoms with E-state index in [1.165, 1.54) is 44.8 Å². The van der Waals surface area contributed by atoms with E-state index in [4.69, 9.17) is 9.15 Å². The van der Waals surface area contributed by atoms with E-state index in [2.05, 4.69) is 20.4 Å². The van der Waals surface area contributed by atoms with Crippen LogP contribution < -0.4 is 10.1 Å².